The monoisotopic (exact) mass is 287 g/mol. The Bertz CT molecular complexity index is 624. The molecule has 3 heteroatoms. The van der Waals surface area contributed by atoms with Crippen molar-refractivity contribution in [2.24, 2.45) is 5.73 Å². The molecule has 2 aromatic rings. The van der Waals surface area contributed by atoms with Gasteiger partial charge in [-0.25, -0.2) is 4.39 Å². The Balaban J connectivity index is 1.75. The lowest BCUT2D eigenvalue weighted by Gasteiger charge is -2.09. The highest BCUT2D eigenvalue weighted by molar-refractivity contribution is 7.98. The quantitative estimate of drug-likeness (QED) is 0.858. The van der Waals surface area contributed by atoms with Crippen LogP contribution in [-0.2, 0) is 25.1 Å². The van der Waals surface area contributed by atoms with E-state index < -0.39 is 0 Å². The average molecular weight is 287 g/mol. The summed E-state index contributed by atoms with van der Waals surface area (Å²) in [5.41, 5.74) is 10.7. The number of hydrogen-bond acceptors (Lipinski definition) is 2. The van der Waals surface area contributed by atoms with Crippen molar-refractivity contribution in [3.05, 3.63) is 64.5 Å². The molecule has 0 heterocycles. The third-order valence-electron chi connectivity index (χ3n) is 3.85. The first-order valence-corrected chi connectivity index (χ1v) is 7.97. The fourth-order valence-corrected chi connectivity index (χ4v) is 3.71. The molecular weight excluding hydrogens is 269 g/mol. The van der Waals surface area contributed by atoms with Crippen LogP contribution in [0.15, 0.2) is 41.3 Å². The highest BCUT2D eigenvalue weighted by atomic mass is 32.2. The van der Waals surface area contributed by atoms with Crippen LogP contribution in [0.2, 0.25) is 0 Å². The summed E-state index contributed by atoms with van der Waals surface area (Å²) >= 11 is 1.76. The molecule has 0 radical (unpaired) electrons. The van der Waals surface area contributed by atoms with E-state index in [4.69, 9.17) is 5.73 Å². The molecule has 0 atom stereocenters. The molecule has 3 rings (SSSR count). The Morgan fingerprint density at radius 3 is 2.70 bits per heavy atom. The molecule has 20 heavy (non-hydrogen) atoms. The van der Waals surface area contributed by atoms with E-state index in [1.807, 2.05) is 0 Å². The van der Waals surface area contributed by atoms with Gasteiger partial charge in [0, 0.05) is 17.2 Å². The van der Waals surface area contributed by atoms with E-state index in [0.29, 0.717) is 6.54 Å². The van der Waals surface area contributed by atoms with Crippen LogP contribution in [-0.4, -0.2) is 0 Å². The number of halogens is 1. The zero-order chi connectivity index (χ0) is 13.9. The maximum absolute atomic E-state index is 13.3. The fourth-order valence-electron chi connectivity index (χ4n) is 2.73. The first-order chi connectivity index (χ1) is 9.76. The first-order valence-electron chi connectivity index (χ1n) is 6.98. The van der Waals surface area contributed by atoms with Gasteiger partial charge in [-0.15, -0.1) is 11.8 Å². The molecule has 1 aliphatic carbocycles. The van der Waals surface area contributed by atoms with E-state index in [0.717, 1.165) is 16.9 Å². The summed E-state index contributed by atoms with van der Waals surface area (Å²) in [5, 5.41) is 0. The standard InChI is InChI=1S/C17H18FNS/c18-16-6-4-14(10-19)15(8-16)11-20-17-7-5-12-2-1-3-13(12)9-17/h4-9H,1-3,10-11,19H2. The minimum Gasteiger partial charge on any atom is -0.326 e. The fraction of sp³-hybridized carbons (Fsp3) is 0.294. The molecule has 1 nitrogen and oxygen atoms in total. The van der Waals surface area contributed by atoms with E-state index in [1.165, 1.54) is 41.4 Å². The molecular formula is C17H18FNS. The lowest BCUT2D eigenvalue weighted by Crippen LogP contribution is -2.01. The Morgan fingerprint density at radius 1 is 1.00 bits per heavy atom. The molecule has 0 fully saturated rings. The summed E-state index contributed by atoms with van der Waals surface area (Å²) in [4.78, 5) is 1.26. The maximum Gasteiger partial charge on any atom is 0.123 e. The van der Waals surface area contributed by atoms with Gasteiger partial charge in [0.2, 0.25) is 0 Å². The number of benzene rings is 2. The van der Waals surface area contributed by atoms with Gasteiger partial charge in [-0.2, -0.15) is 0 Å². The lowest BCUT2D eigenvalue weighted by atomic mass is 10.1. The number of thioether (sulfide) groups is 1. The van der Waals surface area contributed by atoms with Crippen molar-refractivity contribution < 1.29 is 4.39 Å². The second kappa shape index (κ2) is 5.98. The zero-order valence-electron chi connectivity index (χ0n) is 11.4. The molecule has 0 amide bonds. The van der Waals surface area contributed by atoms with Gasteiger partial charge in [0.05, 0.1) is 0 Å². The molecule has 0 saturated carbocycles. The Hall–Kier alpha value is -1.32. The van der Waals surface area contributed by atoms with E-state index in [1.54, 1.807) is 23.9 Å². The van der Waals surface area contributed by atoms with Gasteiger partial charge in [-0.1, -0.05) is 12.1 Å². The van der Waals surface area contributed by atoms with Gasteiger partial charge in [0.25, 0.3) is 0 Å². The Morgan fingerprint density at radius 2 is 1.85 bits per heavy atom. The predicted molar refractivity (Wildman–Crippen MR) is 82.3 cm³/mol. The Labute approximate surface area is 123 Å². The zero-order valence-corrected chi connectivity index (χ0v) is 12.2. The largest absolute Gasteiger partial charge is 0.326 e. The van der Waals surface area contributed by atoms with Crippen LogP contribution in [0.1, 0.15) is 28.7 Å². The maximum atomic E-state index is 13.3. The molecule has 0 saturated heterocycles. The second-order valence-corrected chi connectivity index (χ2v) is 6.24. The summed E-state index contributed by atoms with van der Waals surface area (Å²) in [6, 6.07) is 11.6. The highest BCUT2D eigenvalue weighted by Gasteiger charge is 2.11. The third kappa shape index (κ3) is 2.89. The molecule has 2 N–H and O–H groups in total. The normalized spacial score (nSPS) is 13.5. The van der Waals surface area contributed by atoms with Gasteiger partial charge in [0.15, 0.2) is 0 Å². The van der Waals surface area contributed by atoms with Crippen molar-refractivity contribution in [2.75, 3.05) is 0 Å². The van der Waals surface area contributed by atoms with Crippen molar-refractivity contribution in [3.8, 4) is 0 Å². The summed E-state index contributed by atoms with van der Waals surface area (Å²) in [5.74, 6) is 0.579. The third-order valence-corrected chi connectivity index (χ3v) is 4.90. The van der Waals surface area contributed by atoms with E-state index >= 15 is 0 Å². The summed E-state index contributed by atoms with van der Waals surface area (Å²) < 4.78 is 13.3. The van der Waals surface area contributed by atoms with Gasteiger partial charge < -0.3 is 5.73 Å². The number of fused-ring (bicyclic) bond motifs is 1. The number of hydrogen-bond donors (Lipinski definition) is 1. The average Bonchev–Trinajstić information content (AvgIpc) is 2.92. The highest BCUT2D eigenvalue weighted by Crippen LogP contribution is 2.30. The van der Waals surface area contributed by atoms with Crippen LogP contribution in [0.3, 0.4) is 0 Å². The summed E-state index contributed by atoms with van der Waals surface area (Å²) in [6.07, 6.45) is 3.67. The van der Waals surface area contributed by atoms with E-state index in [-0.39, 0.29) is 5.82 Å². The van der Waals surface area contributed by atoms with E-state index in [2.05, 4.69) is 18.2 Å². The first kappa shape index (κ1) is 13.7. The number of rotatable bonds is 4. The summed E-state index contributed by atoms with van der Waals surface area (Å²) in [6.45, 7) is 0.459. The van der Waals surface area contributed by atoms with Crippen molar-refractivity contribution in [1.29, 1.82) is 0 Å². The SMILES string of the molecule is NCc1ccc(F)cc1CSc1ccc2c(c1)CCC2. The topological polar surface area (TPSA) is 26.0 Å². The molecule has 1 aliphatic rings. The van der Waals surface area contributed by atoms with E-state index in [9.17, 15) is 4.39 Å². The Kier molecular flexibility index (Phi) is 4.08. The van der Waals surface area contributed by atoms with Crippen molar-refractivity contribution in [3.63, 3.8) is 0 Å². The van der Waals surface area contributed by atoms with Gasteiger partial charge in [-0.05, 0) is 65.8 Å². The molecule has 2 aromatic carbocycles. The molecule has 104 valence electrons. The molecule has 0 aliphatic heterocycles. The van der Waals surface area contributed by atoms with Crippen LogP contribution in [0, 0.1) is 5.82 Å². The van der Waals surface area contributed by atoms with Crippen molar-refractivity contribution in [2.45, 2.75) is 36.5 Å². The predicted octanol–water partition coefficient (Wildman–Crippen LogP) is 4.07. The van der Waals surface area contributed by atoms with Gasteiger partial charge in [0.1, 0.15) is 5.82 Å². The van der Waals surface area contributed by atoms with Gasteiger partial charge in [-0.3, -0.25) is 0 Å². The summed E-state index contributed by atoms with van der Waals surface area (Å²) in [7, 11) is 0. The second-order valence-electron chi connectivity index (χ2n) is 5.19. The van der Waals surface area contributed by atoms with Crippen LogP contribution < -0.4 is 5.73 Å². The van der Waals surface area contributed by atoms with Crippen LogP contribution in [0.5, 0.6) is 0 Å². The molecule has 0 spiro atoms. The molecule has 0 unspecified atom stereocenters. The van der Waals surface area contributed by atoms with Crippen LogP contribution >= 0.6 is 11.8 Å². The number of aryl methyl sites for hydroxylation is 2. The van der Waals surface area contributed by atoms with Crippen LogP contribution in [0.4, 0.5) is 4.39 Å². The van der Waals surface area contributed by atoms with Crippen molar-refractivity contribution in [1.82, 2.24) is 0 Å². The molecule has 0 bridgehead atoms. The molecule has 0 aromatic heterocycles. The lowest BCUT2D eigenvalue weighted by molar-refractivity contribution is 0.625. The number of nitrogens with two attached hydrogens (primary N) is 1. The van der Waals surface area contributed by atoms with Crippen LogP contribution in [0.25, 0.3) is 0 Å². The minimum absolute atomic E-state index is 0.188. The minimum atomic E-state index is -0.188. The van der Waals surface area contributed by atoms with Gasteiger partial charge >= 0.3 is 0 Å². The van der Waals surface area contributed by atoms with Crippen molar-refractivity contribution >= 4 is 11.8 Å². The smallest absolute Gasteiger partial charge is 0.123 e.